The predicted molar refractivity (Wildman–Crippen MR) is 65.6 cm³/mol. The number of nitriles is 2. The van der Waals surface area contributed by atoms with Crippen molar-refractivity contribution >= 4 is 11.6 Å². The molecule has 0 radical (unpaired) electrons. The summed E-state index contributed by atoms with van der Waals surface area (Å²) in [5.74, 6) is 0. The van der Waals surface area contributed by atoms with Crippen LogP contribution in [0.3, 0.4) is 0 Å². The molecule has 100 valence electrons. The van der Waals surface area contributed by atoms with Gasteiger partial charge < -0.3 is 0 Å². The van der Waals surface area contributed by atoms with Crippen LogP contribution in [0, 0.1) is 22.8 Å². The second-order valence-electron chi connectivity index (χ2n) is 3.84. The first-order chi connectivity index (χ1) is 9.38. The van der Waals surface area contributed by atoms with E-state index in [1.165, 1.54) is 30.3 Å². The van der Waals surface area contributed by atoms with E-state index >= 15 is 0 Å². The molecule has 0 bridgehead atoms. The highest BCUT2D eigenvalue weighted by atomic mass is 35.5. The zero-order chi connectivity index (χ0) is 14.9. The third kappa shape index (κ3) is 2.34. The van der Waals surface area contributed by atoms with E-state index in [2.05, 4.69) is 0 Å². The molecule has 2 aromatic rings. The molecule has 0 saturated heterocycles. The Hall–Kier alpha value is -2.44. The Morgan fingerprint density at radius 2 is 1.70 bits per heavy atom. The first-order valence-corrected chi connectivity index (χ1v) is 5.65. The van der Waals surface area contributed by atoms with Crippen molar-refractivity contribution in [3.8, 4) is 23.5 Å². The monoisotopic (exact) mass is 295 g/mol. The Kier molecular flexibility index (Phi) is 3.44. The quantitative estimate of drug-likeness (QED) is 0.797. The van der Waals surface area contributed by atoms with Crippen LogP contribution in [-0.2, 0) is 6.18 Å². The van der Waals surface area contributed by atoms with Gasteiger partial charge >= 0.3 is 6.18 Å². The second kappa shape index (κ2) is 4.92. The molecule has 0 aliphatic heterocycles. The highest BCUT2D eigenvalue weighted by molar-refractivity contribution is 6.30. The van der Waals surface area contributed by atoms with Crippen LogP contribution in [0.15, 0.2) is 30.3 Å². The molecule has 20 heavy (non-hydrogen) atoms. The summed E-state index contributed by atoms with van der Waals surface area (Å²) in [5.41, 5.74) is -1.51. The van der Waals surface area contributed by atoms with Crippen molar-refractivity contribution in [2.24, 2.45) is 0 Å². The summed E-state index contributed by atoms with van der Waals surface area (Å²) in [6, 6.07) is 8.14. The average Bonchev–Trinajstić information content (AvgIpc) is 2.77. The molecule has 0 unspecified atom stereocenters. The van der Waals surface area contributed by atoms with Gasteiger partial charge in [0.25, 0.3) is 0 Å². The number of benzene rings is 1. The summed E-state index contributed by atoms with van der Waals surface area (Å²) in [6.07, 6.45) is -3.12. The second-order valence-corrected chi connectivity index (χ2v) is 4.28. The van der Waals surface area contributed by atoms with Gasteiger partial charge in [-0.1, -0.05) is 23.7 Å². The lowest BCUT2D eigenvalue weighted by Gasteiger charge is -2.03. The van der Waals surface area contributed by atoms with Crippen LogP contribution < -0.4 is 0 Å². The van der Waals surface area contributed by atoms with Crippen molar-refractivity contribution in [3.05, 3.63) is 46.6 Å². The normalized spacial score (nSPS) is 10.9. The van der Waals surface area contributed by atoms with E-state index in [1.54, 1.807) is 6.19 Å². The van der Waals surface area contributed by atoms with E-state index in [4.69, 9.17) is 22.1 Å². The third-order valence-corrected chi connectivity index (χ3v) is 2.90. The SMILES string of the molecule is N#Cc1c(C(F)(F)F)cc(-c2ccc(Cl)cc2)n1C#N. The number of rotatable bonds is 1. The summed E-state index contributed by atoms with van der Waals surface area (Å²) >= 11 is 5.70. The molecule has 0 fully saturated rings. The van der Waals surface area contributed by atoms with E-state index in [-0.39, 0.29) is 5.69 Å². The van der Waals surface area contributed by atoms with Gasteiger partial charge in [0.2, 0.25) is 0 Å². The molecule has 0 N–H and O–H groups in total. The van der Waals surface area contributed by atoms with Crippen LogP contribution in [0.2, 0.25) is 5.02 Å². The Morgan fingerprint density at radius 3 is 2.15 bits per heavy atom. The molecule has 0 atom stereocenters. The largest absolute Gasteiger partial charge is 0.419 e. The Labute approximate surface area is 117 Å². The van der Waals surface area contributed by atoms with Crippen LogP contribution in [-0.4, -0.2) is 4.57 Å². The molecule has 3 nitrogen and oxygen atoms in total. The lowest BCUT2D eigenvalue weighted by Crippen LogP contribution is -2.07. The van der Waals surface area contributed by atoms with Gasteiger partial charge in [0.15, 0.2) is 6.19 Å². The standard InChI is InChI=1S/C13H5ClF3N3/c14-9-3-1-8(2-4-9)11-5-10(13(15,16)17)12(6-18)20(11)7-19/h1-5H. The van der Waals surface area contributed by atoms with Gasteiger partial charge in [0, 0.05) is 5.02 Å². The maximum atomic E-state index is 12.8. The van der Waals surface area contributed by atoms with E-state index in [0.717, 1.165) is 6.07 Å². The molecule has 1 heterocycles. The van der Waals surface area contributed by atoms with E-state index in [1.807, 2.05) is 0 Å². The minimum absolute atomic E-state index is 0.00644. The topological polar surface area (TPSA) is 52.5 Å². The summed E-state index contributed by atoms with van der Waals surface area (Å²) in [4.78, 5) is 0. The Bertz CT molecular complexity index is 730. The highest BCUT2D eigenvalue weighted by Gasteiger charge is 2.37. The van der Waals surface area contributed by atoms with Gasteiger partial charge in [0.05, 0.1) is 11.3 Å². The summed E-state index contributed by atoms with van der Waals surface area (Å²) in [5, 5.41) is 18.3. The first kappa shape index (κ1) is 14.0. The Morgan fingerprint density at radius 1 is 1.10 bits per heavy atom. The molecule has 0 amide bonds. The molecule has 0 aliphatic rings. The Balaban J connectivity index is 2.73. The zero-order valence-electron chi connectivity index (χ0n) is 9.74. The van der Waals surface area contributed by atoms with Gasteiger partial charge in [-0.15, -0.1) is 0 Å². The lowest BCUT2D eigenvalue weighted by atomic mass is 10.1. The predicted octanol–water partition coefficient (Wildman–Crippen LogP) is 4.03. The molecule has 0 spiro atoms. The summed E-state index contributed by atoms with van der Waals surface area (Å²) in [6.45, 7) is 0. The van der Waals surface area contributed by atoms with E-state index in [0.29, 0.717) is 15.2 Å². The summed E-state index contributed by atoms with van der Waals surface area (Å²) < 4.78 is 39.2. The van der Waals surface area contributed by atoms with Crippen molar-refractivity contribution in [3.63, 3.8) is 0 Å². The number of halogens is 4. The van der Waals surface area contributed by atoms with Gasteiger partial charge in [-0.25, -0.2) is 4.57 Å². The van der Waals surface area contributed by atoms with Crippen LogP contribution in [0.4, 0.5) is 13.2 Å². The van der Waals surface area contributed by atoms with E-state index in [9.17, 15) is 13.2 Å². The van der Waals surface area contributed by atoms with Crippen molar-refractivity contribution in [2.45, 2.75) is 6.18 Å². The van der Waals surface area contributed by atoms with Crippen LogP contribution in [0.1, 0.15) is 11.3 Å². The van der Waals surface area contributed by atoms with Crippen LogP contribution in [0.5, 0.6) is 0 Å². The molecule has 7 heteroatoms. The van der Waals surface area contributed by atoms with Crippen molar-refractivity contribution in [2.75, 3.05) is 0 Å². The molecule has 0 saturated carbocycles. The molecule has 0 aliphatic carbocycles. The van der Waals surface area contributed by atoms with Gasteiger partial charge in [-0.05, 0) is 23.8 Å². The van der Waals surface area contributed by atoms with Gasteiger partial charge in [0.1, 0.15) is 11.8 Å². The number of nitrogens with zero attached hydrogens (tertiary/aromatic N) is 3. The maximum absolute atomic E-state index is 12.8. The number of hydrogen-bond donors (Lipinski definition) is 0. The smallest absolute Gasteiger partial charge is 0.236 e. The fourth-order valence-corrected chi connectivity index (χ4v) is 1.90. The fraction of sp³-hybridized carbons (Fsp3) is 0.0769. The van der Waals surface area contributed by atoms with Crippen molar-refractivity contribution < 1.29 is 13.2 Å². The fourth-order valence-electron chi connectivity index (χ4n) is 1.77. The first-order valence-electron chi connectivity index (χ1n) is 5.27. The molecule has 2 rings (SSSR count). The van der Waals surface area contributed by atoms with Gasteiger partial charge in [-0.3, -0.25) is 0 Å². The molecule has 1 aromatic carbocycles. The zero-order valence-corrected chi connectivity index (χ0v) is 10.5. The highest BCUT2D eigenvalue weighted by Crippen LogP contribution is 2.36. The van der Waals surface area contributed by atoms with Crippen molar-refractivity contribution in [1.82, 2.24) is 4.57 Å². The third-order valence-electron chi connectivity index (χ3n) is 2.65. The summed E-state index contributed by atoms with van der Waals surface area (Å²) in [7, 11) is 0. The van der Waals surface area contributed by atoms with Crippen molar-refractivity contribution in [1.29, 1.82) is 10.5 Å². The van der Waals surface area contributed by atoms with Crippen LogP contribution >= 0.6 is 11.6 Å². The van der Waals surface area contributed by atoms with Crippen LogP contribution in [0.25, 0.3) is 11.3 Å². The van der Waals surface area contributed by atoms with E-state index < -0.39 is 17.4 Å². The molecule has 1 aromatic heterocycles. The average molecular weight is 296 g/mol. The minimum atomic E-state index is -4.70. The lowest BCUT2D eigenvalue weighted by molar-refractivity contribution is -0.137. The molecular formula is C13H5ClF3N3. The van der Waals surface area contributed by atoms with Gasteiger partial charge in [-0.2, -0.15) is 23.7 Å². The number of hydrogen-bond acceptors (Lipinski definition) is 2. The number of aromatic nitrogens is 1. The molecular weight excluding hydrogens is 291 g/mol. The maximum Gasteiger partial charge on any atom is 0.419 e. The number of alkyl halides is 3. The minimum Gasteiger partial charge on any atom is -0.236 e.